The van der Waals surface area contributed by atoms with E-state index in [9.17, 15) is 0 Å². The lowest BCUT2D eigenvalue weighted by atomic mass is 9.90. The SMILES string of the molecule is CC(N)c1nnc(C2(C)CCCC2)s1. The molecule has 0 amide bonds. The Labute approximate surface area is 88.7 Å². The van der Waals surface area contributed by atoms with Crippen LogP contribution in [0.2, 0.25) is 0 Å². The van der Waals surface area contributed by atoms with Gasteiger partial charge in [-0.15, -0.1) is 10.2 Å². The van der Waals surface area contributed by atoms with E-state index in [-0.39, 0.29) is 11.5 Å². The molecule has 2 N–H and O–H groups in total. The lowest BCUT2D eigenvalue weighted by molar-refractivity contribution is 0.483. The molecule has 0 aromatic carbocycles. The number of aromatic nitrogens is 2. The zero-order valence-corrected chi connectivity index (χ0v) is 9.60. The van der Waals surface area contributed by atoms with Crippen LogP contribution in [0.15, 0.2) is 0 Å². The van der Waals surface area contributed by atoms with Crippen molar-refractivity contribution in [1.82, 2.24) is 10.2 Å². The highest BCUT2D eigenvalue weighted by molar-refractivity contribution is 7.11. The topological polar surface area (TPSA) is 51.8 Å². The minimum atomic E-state index is 0.0197. The summed E-state index contributed by atoms with van der Waals surface area (Å²) in [6, 6.07) is 0.0197. The van der Waals surface area contributed by atoms with Crippen LogP contribution in [0, 0.1) is 0 Å². The van der Waals surface area contributed by atoms with Crippen LogP contribution in [0.1, 0.15) is 55.6 Å². The molecule has 1 atom stereocenters. The van der Waals surface area contributed by atoms with Gasteiger partial charge < -0.3 is 5.73 Å². The molecule has 1 fully saturated rings. The molecule has 0 spiro atoms. The molecule has 2 rings (SSSR count). The standard InChI is InChI=1S/C10H17N3S/c1-7(11)8-12-13-9(14-8)10(2)5-3-4-6-10/h7H,3-6,11H2,1-2H3. The van der Waals surface area contributed by atoms with E-state index in [4.69, 9.17) is 5.73 Å². The van der Waals surface area contributed by atoms with E-state index in [1.165, 1.54) is 30.7 Å². The van der Waals surface area contributed by atoms with Crippen molar-refractivity contribution in [2.75, 3.05) is 0 Å². The van der Waals surface area contributed by atoms with E-state index >= 15 is 0 Å². The molecule has 1 unspecified atom stereocenters. The van der Waals surface area contributed by atoms with Crippen molar-refractivity contribution in [3.05, 3.63) is 10.0 Å². The van der Waals surface area contributed by atoms with Crippen molar-refractivity contribution in [3.63, 3.8) is 0 Å². The summed E-state index contributed by atoms with van der Waals surface area (Å²) in [6.07, 6.45) is 5.15. The van der Waals surface area contributed by atoms with Crippen molar-refractivity contribution < 1.29 is 0 Å². The van der Waals surface area contributed by atoms with Gasteiger partial charge in [0.15, 0.2) is 0 Å². The first-order chi connectivity index (χ1) is 6.62. The molecular formula is C10H17N3S. The lowest BCUT2D eigenvalue weighted by Crippen LogP contribution is -2.16. The Kier molecular flexibility index (Phi) is 2.58. The van der Waals surface area contributed by atoms with Crippen molar-refractivity contribution >= 4 is 11.3 Å². The largest absolute Gasteiger partial charge is 0.322 e. The predicted molar refractivity (Wildman–Crippen MR) is 58.3 cm³/mol. The summed E-state index contributed by atoms with van der Waals surface area (Å²) < 4.78 is 0. The quantitative estimate of drug-likeness (QED) is 0.817. The minimum absolute atomic E-state index is 0.0197. The van der Waals surface area contributed by atoms with Crippen molar-refractivity contribution in [3.8, 4) is 0 Å². The number of hydrogen-bond donors (Lipinski definition) is 1. The van der Waals surface area contributed by atoms with E-state index in [2.05, 4.69) is 17.1 Å². The van der Waals surface area contributed by atoms with Crippen molar-refractivity contribution in [2.45, 2.75) is 51.0 Å². The summed E-state index contributed by atoms with van der Waals surface area (Å²) in [4.78, 5) is 0. The van der Waals surface area contributed by atoms with Gasteiger partial charge in [0.05, 0.1) is 6.04 Å². The third-order valence-corrected chi connectivity index (χ3v) is 4.48. The molecule has 1 heterocycles. The second-order valence-electron chi connectivity index (χ2n) is 4.50. The van der Waals surface area contributed by atoms with Gasteiger partial charge in [-0.1, -0.05) is 31.1 Å². The van der Waals surface area contributed by atoms with Gasteiger partial charge in [0.1, 0.15) is 10.0 Å². The van der Waals surface area contributed by atoms with Crippen LogP contribution in [0.25, 0.3) is 0 Å². The van der Waals surface area contributed by atoms with Gasteiger partial charge in [0.2, 0.25) is 0 Å². The summed E-state index contributed by atoms with van der Waals surface area (Å²) >= 11 is 1.69. The highest BCUT2D eigenvalue weighted by Crippen LogP contribution is 2.41. The molecule has 0 radical (unpaired) electrons. The fourth-order valence-electron chi connectivity index (χ4n) is 2.03. The van der Waals surface area contributed by atoms with E-state index in [0.717, 1.165) is 5.01 Å². The molecule has 0 aliphatic heterocycles. The maximum atomic E-state index is 5.78. The average Bonchev–Trinajstić information content (AvgIpc) is 2.71. The van der Waals surface area contributed by atoms with Crippen LogP contribution in [0.4, 0.5) is 0 Å². The second kappa shape index (κ2) is 3.59. The molecule has 1 aliphatic carbocycles. The Hall–Kier alpha value is -0.480. The molecule has 0 bridgehead atoms. The molecule has 1 saturated carbocycles. The molecule has 78 valence electrons. The van der Waals surface area contributed by atoms with E-state index in [1.807, 2.05) is 6.92 Å². The number of nitrogens with two attached hydrogens (primary N) is 1. The third kappa shape index (κ3) is 1.68. The fourth-order valence-corrected chi connectivity index (χ4v) is 3.03. The molecule has 14 heavy (non-hydrogen) atoms. The summed E-state index contributed by atoms with van der Waals surface area (Å²) in [5.41, 5.74) is 6.06. The van der Waals surface area contributed by atoms with Gasteiger partial charge in [0, 0.05) is 5.41 Å². The molecular weight excluding hydrogens is 194 g/mol. The normalized spacial score (nSPS) is 22.5. The Morgan fingerprint density at radius 3 is 2.50 bits per heavy atom. The van der Waals surface area contributed by atoms with Crippen LogP contribution in [0.5, 0.6) is 0 Å². The Balaban J connectivity index is 2.23. The van der Waals surface area contributed by atoms with Gasteiger partial charge in [-0.05, 0) is 19.8 Å². The highest BCUT2D eigenvalue weighted by Gasteiger charge is 2.34. The van der Waals surface area contributed by atoms with Crippen LogP contribution in [-0.4, -0.2) is 10.2 Å². The first-order valence-electron chi connectivity index (χ1n) is 5.21. The van der Waals surface area contributed by atoms with Crippen molar-refractivity contribution in [1.29, 1.82) is 0 Å². The molecule has 1 aromatic rings. The second-order valence-corrected chi connectivity index (χ2v) is 5.51. The zero-order valence-electron chi connectivity index (χ0n) is 8.79. The molecule has 0 saturated heterocycles. The smallest absolute Gasteiger partial charge is 0.133 e. The first-order valence-corrected chi connectivity index (χ1v) is 6.03. The van der Waals surface area contributed by atoms with Gasteiger partial charge in [-0.25, -0.2) is 0 Å². The number of nitrogens with zero attached hydrogens (tertiary/aromatic N) is 2. The third-order valence-electron chi connectivity index (χ3n) is 3.05. The molecule has 3 nitrogen and oxygen atoms in total. The van der Waals surface area contributed by atoms with Crippen LogP contribution >= 0.6 is 11.3 Å². The Bertz CT molecular complexity index is 313. The van der Waals surface area contributed by atoms with E-state index < -0.39 is 0 Å². The predicted octanol–water partition coefficient (Wildman–Crippen LogP) is 2.39. The van der Waals surface area contributed by atoms with Gasteiger partial charge in [0.25, 0.3) is 0 Å². The minimum Gasteiger partial charge on any atom is -0.322 e. The highest BCUT2D eigenvalue weighted by atomic mass is 32.1. The van der Waals surface area contributed by atoms with Gasteiger partial charge >= 0.3 is 0 Å². The molecule has 4 heteroatoms. The maximum Gasteiger partial charge on any atom is 0.133 e. The average molecular weight is 211 g/mol. The summed E-state index contributed by atoms with van der Waals surface area (Å²) in [7, 11) is 0. The zero-order chi connectivity index (χ0) is 10.2. The lowest BCUT2D eigenvalue weighted by Gasteiger charge is -2.18. The summed E-state index contributed by atoms with van der Waals surface area (Å²) in [5.74, 6) is 0. The maximum absolute atomic E-state index is 5.78. The summed E-state index contributed by atoms with van der Waals surface area (Å²) in [6.45, 7) is 4.26. The summed E-state index contributed by atoms with van der Waals surface area (Å²) in [5, 5.41) is 10.6. The Morgan fingerprint density at radius 1 is 1.36 bits per heavy atom. The molecule has 1 aliphatic rings. The number of rotatable bonds is 2. The van der Waals surface area contributed by atoms with Gasteiger partial charge in [-0.2, -0.15) is 0 Å². The van der Waals surface area contributed by atoms with Crippen LogP contribution < -0.4 is 5.73 Å². The number of hydrogen-bond acceptors (Lipinski definition) is 4. The Morgan fingerprint density at radius 2 is 2.00 bits per heavy atom. The van der Waals surface area contributed by atoms with Crippen LogP contribution in [0.3, 0.4) is 0 Å². The van der Waals surface area contributed by atoms with Gasteiger partial charge in [-0.3, -0.25) is 0 Å². The fraction of sp³-hybridized carbons (Fsp3) is 0.800. The van der Waals surface area contributed by atoms with Crippen LogP contribution in [-0.2, 0) is 5.41 Å². The molecule has 1 aromatic heterocycles. The van der Waals surface area contributed by atoms with Crippen molar-refractivity contribution in [2.24, 2.45) is 5.73 Å². The first kappa shape index (κ1) is 10.1. The van der Waals surface area contributed by atoms with E-state index in [1.54, 1.807) is 11.3 Å². The van der Waals surface area contributed by atoms with E-state index in [0.29, 0.717) is 0 Å². The monoisotopic (exact) mass is 211 g/mol.